The Morgan fingerprint density at radius 3 is 2.76 bits per heavy atom. The first-order valence-electron chi connectivity index (χ1n) is 8.03. The molecule has 7 nitrogen and oxygen atoms in total. The van der Waals surface area contributed by atoms with Gasteiger partial charge in [0.2, 0.25) is 11.8 Å². The highest BCUT2D eigenvalue weighted by Gasteiger charge is 2.62. The number of ether oxygens (including phenoxy) is 1. The van der Waals surface area contributed by atoms with E-state index in [0.29, 0.717) is 12.0 Å². The molecule has 2 saturated heterocycles. The fourth-order valence-electron chi connectivity index (χ4n) is 3.27. The molecule has 2 aliphatic heterocycles. The van der Waals surface area contributed by atoms with Crippen molar-refractivity contribution in [3.8, 4) is 0 Å². The van der Waals surface area contributed by atoms with Gasteiger partial charge in [0.1, 0.15) is 24.1 Å². The van der Waals surface area contributed by atoms with Gasteiger partial charge >= 0.3 is 0 Å². The summed E-state index contributed by atoms with van der Waals surface area (Å²) in [5, 5.41) is 2.59. The maximum atomic E-state index is 12.5. The molecule has 0 aromatic heterocycles. The molecule has 8 heteroatoms. The van der Waals surface area contributed by atoms with Crippen molar-refractivity contribution in [2.24, 2.45) is 5.73 Å². The predicted octanol–water partition coefficient (Wildman–Crippen LogP) is 0.406. The van der Waals surface area contributed by atoms with Crippen molar-refractivity contribution in [1.82, 2.24) is 10.2 Å². The Bertz CT molecular complexity index is 682. The van der Waals surface area contributed by atoms with Crippen LogP contribution in [0.1, 0.15) is 25.5 Å². The number of carbonyl (C=O) groups excluding carboxylic acids is 3. The maximum Gasteiger partial charge on any atom is 0.293 e. The van der Waals surface area contributed by atoms with Gasteiger partial charge in [0, 0.05) is 4.75 Å². The number of benzene rings is 1. The molecule has 3 unspecified atom stereocenters. The number of fused-ring (bicyclic) bond motifs is 1. The number of nitrogens with zero attached hydrogens (tertiary/aromatic N) is 1. The molecule has 4 atom stereocenters. The highest BCUT2D eigenvalue weighted by atomic mass is 32.2. The van der Waals surface area contributed by atoms with Crippen molar-refractivity contribution in [2.75, 3.05) is 6.61 Å². The number of hydrogen-bond acceptors (Lipinski definition) is 6. The van der Waals surface area contributed by atoms with Crippen LogP contribution in [0, 0.1) is 0 Å². The molecule has 0 bridgehead atoms. The molecule has 2 heterocycles. The monoisotopic (exact) mass is 363 g/mol. The predicted molar refractivity (Wildman–Crippen MR) is 93.4 cm³/mol. The minimum Gasteiger partial charge on any atom is -0.466 e. The maximum absolute atomic E-state index is 12.5. The zero-order valence-electron chi connectivity index (χ0n) is 14.0. The Balaban J connectivity index is 1.67. The Morgan fingerprint density at radius 2 is 2.12 bits per heavy atom. The summed E-state index contributed by atoms with van der Waals surface area (Å²) >= 11 is 1.59. The van der Waals surface area contributed by atoms with Gasteiger partial charge < -0.3 is 20.7 Å². The van der Waals surface area contributed by atoms with Gasteiger partial charge in [-0.1, -0.05) is 30.3 Å². The third-order valence-electron chi connectivity index (χ3n) is 4.70. The van der Waals surface area contributed by atoms with E-state index in [9.17, 15) is 14.4 Å². The summed E-state index contributed by atoms with van der Waals surface area (Å²) in [6, 6.07) is 7.39. The third-order valence-corrected chi connectivity index (χ3v) is 6.32. The summed E-state index contributed by atoms with van der Waals surface area (Å²) in [6.07, 6.45) is 0. The normalized spacial score (nSPS) is 27.9. The topological polar surface area (TPSA) is 102 Å². The van der Waals surface area contributed by atoms with E-state index in [4.69, 9.17) is 10.5 Å². The summed E-state index contributed by atoms with van der Waals surface area (Å²) in [5.74, 6) is -0.550. The van der Waals surface area contributed by atoms with Crippen molar-refractivity contribution in [2.45, 2.75) is 42.1 Å². The van der Waals surface area contributed by atoms with E-state index >= 15 is 0 Å². The summed E-state index contributed by atoms with van der Waals surface area (Å²) in [4.78, 5) is 37.1. The van der Waals surface area contributed by atoms with Crippen molar-refractivity contribution in [3.05, 3.63) is 35.9 Å². The van der Waals surface area contributed by atoms with Gasteiger partial charge in [0.15, 0.2) is 0 Å². The van der Waals surface area contributed by atoms with Crippen LogP contribution in [0.3, 0.4) is 0 Å². The number of amides is 2. The van der Waals surface area contributed by atoms with Crippen LogP contribution in [0.25, 0.3) is 0 Å². The van der Waals surface area contributed by atoms with Gasteiger partial charge in [-0.15, -0.1) is 11.8 Å². The first-order valence-corrected chi connectivity index (χ1v) is 8.91. The van der Waals surface area contributed by atoms with Gasteiger partial charge in [-0.2, -0.15) is 0 Å². The van der Waals surface area contributed by atoms with Crippen LogP contribution in [0.15, 0.2) is 30.3 Å². The third kappa shape index (κ3) is 3.11. The number of thioether (sulfide) groups is 1. The van der Waals surface area contributed by atoms with Gasteiger partial charge in [0.25, 0.3) is 6.47 Å². The SMILES string of the molecule is CC1(C)SC2C(NC(=O)[C@H](N)c3ccccc3)C(=O)N2C1COC=O. The molecular weight excluding hydrogens is 342 g/mol. The molecule has 0 aliphatic carbocycles. The standard InChI is InChI=1S/C17H21N3O4S/c1-17(2)11(8-24-9-21)20-15(23)13(16(20)25-17)19-14(22)12(18)10-6-4-3-5-7-10/h3-7,9,11-13,16H,8,18H2,1-2H3,(H,19,22)/t11?,12-,13?,16?/m1/s1. The molecule has 2 amide bonds. The second-order valence-electron chi connectivity index (χ2n) is 6.68. The zero-order chi connectivity index (χ0) is 18.2. The summed E-state index contributed by atoms with van der Waals surface area (Å²) in [7, 11) is 0. The molecule has 0 radical (unpaired) electrons. The summed E-state index contributed by atoms with van der Waals surface area (Å²) < 4.78 is 4.60. The number of nitrogens with two attached hydrogens (primary N) is 1. The molecule has 25 heavy (non-hydrogen) atoms. The molecule has 3 rings (SSSR count). The fourth-order valence-corrected chi connectivity index (χ4v) is 4.91. The van der Waals surface area contributed by atoms with Crippen molar-refractivity contribution < 1.29 is 19.1 Å². The largest absolute Gasteiger partial charge is 0.466 e. The molecule has 1 aromatic rings. The highest BCUT2D eigenvalue weighted by molar-refractivity contribution is 8.01. The molecule has 134 valence electrons. The van der Waals surface area contributed by atoms with Gasteiger partial charge in [0.05, 0.1) is 6.04 Å². The van der Waals surface area contributed by atoms with Gasteiger partial charge in [-0.05, 0) is 19.4 Å². The number of β-lactam (4-membered cyclic amide) rings is 1. The van der Waals surface area contributed by atoms with E-state index in [1.807, 2.05) is 32.0 Å². The number of carbonyl (C=O) groups is 3. The average Bonchev–Trinajstić information content (AvgIpc) is 2.85. The van der Waals surface area contributed by atoms with E-state index in [0.717, 1.165) is 0 Å². The first kappa shape index (κ1) is 17.8. The van der Waals surface area contributed by atoms with Crippen LogP contribution in [-0.4, -0.2) is 52.0 Å². The number of rotatable bonds is 6. The number of nitrogens with one attached hydrogen (secondary N) is 1. The molecule has 0 saturated carbocycles. The molecule has 1 aromatic carbocycles. The lowest BCUT2D eigenvalue weighted by Gasteiger charge is -2.44. The van der Waals surface area contributed by atoms with Crippen LogP contribution >= 0.6 is 11.8 Å². The average molecular weight is 363 g/mol. The van der Waals surface area contributed by atoms with E-state index < -0.39 is 12.1 Å². The lowest BCUT2D eigenvalue weighted by atomic mass is 9.96. The Labute approximate surface area is 150 Å². The van der Waals surface area contributed by atoms with Crippen molar-refractivity contribution >= 4 is 30.0 Å². The smallest absolute Gasteiger partial charge is 0.293 e. The lowest BCUT2D eigenvalue weighted by molar-refractivity contribution is -0.154. The molecular formula is C17H21N3O4S. The molecule has 0 spiro atoms. The minimum atomic E-state index is -0.823. The molecule has 2 aliphatic rings. The molecule has 3 N–H and O–H groups in total. The Morgan fingerprint density at radius 1 is 1.44 bits per heavy atom. The van der Waals surface area contributed by atoms with Crippen LogP contribution in [-0.2, 0) is 19.1 Å². The second-order valence-corrected chi connectivity index (χ2v) is 8.45. The fraction of sp³-hybridized carbons (Fsp3) is 0.471. The first-order chi connectivity index (χ1) is 11.9. The minimum absolute atomic E-state index is 0.149. The lowest BCUT2D eigenvalue weighted by Crippen LogP contribution is -2.70. The molecule has 2 fully saturated rings. The van der Waals surface area contributed by atoms with E-state index in [1.54, 1.807) is 28.8 Å². The van der Waals surface area contributed by atoms with Crippen molar-refractivity contribution in [3.63, 3.8) is 0 Å². The highest BCUT2D eigenvalue weighted by Crippen LogP contribution is 2.50. The summed E-state index contributed by atoms with van der Waals surface area (Å²) in [5.41, 5.74) is 6.69. The van der Waals surface area contributed by atoms with E-state index in [1.165, 1.54) is 0 Å². The number of hydrogen-bond donors (Lipinski definition) is 2. The van der Waals surface area contributed by atoms with Crippen LogP contribution < -0.4 is 11.1 Å². The summed E-state index contributed by atoms with van der Waals surface area (Å²) in [6.45, 7) is 4.53. The van der Waals surface area contributed by atoms with Crippen LogP contribution in [0.4, 0.5) is 0 Å². The van der Waals surface area contributed by atoms with E-state index in [2.05, 4.69) is 5.32 Å². The Hall–Kier alpha value is -2.06. The second kappa shape index (κ2) is 6.68. The van der Waals surface area contributed by atoms with Gasteiger partial charge in [-0.25, -0.2) is 0 Å². The van der Waals surface area contributed by atoms with Gasteiger partial charge in [-0.3, -0.25) is 14.4 Å². The van der Waals surface area contributed by atoms with E-state index in [-0.39, 0.29) is 34.6 Å². The van der Waals surface area contributed by atoms with Crippen LogP contribution in [0.5, 0.6) is 0 Å². The van der Waals surface area contributed by atoms with Crippen molar-refractivity contribution in [1.29, 1.82) is 0 Å². The zero-order valence-corrected chi connectivity index (χ0v) is 14.9. The Kier molecular flexibility index (Phi) is 4.75. The quantitative estimate of drug-likeness (QED) is 0.561. The van der Waals surface area contributed by atoms with Crippen LogP contribution in [0.2, 0.25) is 0 Å².